The van der Waals surface area contributed by atoms with Gasteiger partial charge >= 0.3 is 0 Å². The Labute approximate surface area is 118 Å². The number of rotatable bonds is 3. The van der Waals surface area contributed by atoms with Crippen LogP contribution in [-0.2, 0) is 6.54 Å². The van der Waals surface area contributed by atoms with E-state index in [0.29, 0.717) is 0 Å². The van der Waals surface area contributed by atoms with E-state index in [1.807, 2.05) is 26.1 Å². The molecule has 0 aromatic carbocycles. The fraction of sp³-hybridized carbons (Fsp3) is 0.312. The Morgan fingerprint density at radius 2 is 2.05 bits per heavy atom. The summed E-state index contributed by atoms with van der Waals surface area (Å²) in [7, 11) is 0. The zero-order chi connectivity index (χ0) is 14.3. The average molecular weight is 269 g/mol. The van der Waals surface area contributed by atoms with Crippen LogP contribution in [0.4, 0.5) is 5.69 Å². The number of aromatic nitrogens is 2. The molecular formula is C16H19N3O. The minimum atomic E-state index is 0.749. The van der Waals surface area contributed by atoms with E-state index in [1.165, 1.54) is 16.8 Å². The molecular weight excluding hydrogens is 250 g/mol. The van der Waals surface area contributed by atoms with Crippen LogP contribution in [0.15, 0.2) is 29.0 Å². The van der Waals surface area contributed by atoms with Crippen molar-refractivity contribution < 1.29 is 4.42 Å². The van der Waals surface area contributed by atoms with E-state index >= 15 is 0 Å². The molecule has 4 nitrogen and oxygen atoms in total. The first-order chi connectivity index (χ1) is 9.58. The number of nitrogens with zero attached hydrogens (tertiary/aromatic N) is 2. The molecule has 0 aliphatic carbocycles. The molecule has 0 saturated carbocycles. The van der Waals surface area contributed by atoms with Gasteiger partial charge in [-0.15, -0.1) is 0 Å². The van der Waals surface area contributed by atoms with Gasteiger partial charge in [-0.2, -0.15) is 0 Å². The van der Waals surface area contributed by atoms with Crippen molar-refractivity contribution >= 4 is 11.3 Å². The maximum atomic E-state index is 5.43. The minimum Gasteiger partial charge on any atom is -0.469 e. The Balaban J connectivity index is 1.94. The van der Waals surface area contributed by atoms with Crippen molar-refractivity contribution in [2.24, 2.45) is 0 Å². The summed E-state index contributed by atoms with van der Waals surface area (Å²) < 4.78 is 7.55. The molecule has 4 heteroatoms. The molecule has 104 valence electrons. The van der Waals surface area contributed by atoms with Crippen LogP contribution in [0.5, 0.6) is 0 Å². The van der Waals surface area contributed by atoms with Gasteiger partial charge in [0.1, 0.15) is 5.76 Å². The van der Waals surface area contributed by atoms with Gasteiger partial charge in [0.25, 0.3) is 0 Å². The van der Waals surface area contributed by atoms with E-state index in [1.54, 1.807) is 6.26 Å². The van der Waals surface area contributed by atoms with Crippen molar-refractivity contribution in [3.05, 3.63) is 52.9 Å². The van der Waals surface area contributed by atoms with Crippen LogP contribution in [-0.4, -0.2) is 9.38 Å². The molecule has 0 radical (unpaired) electrons. The molecule has 0 atom stereocenters. The van der Waals surface area contributed by atoms with Crippen molar-refractivity contribution in [3.63, 3.8) is 0 Å². The topological polar surface area (TPSA) is 42.5 Å². The van der Waals surface area contributed by atoms with Gasteiger partial charge in [-0.3, -0.25) is 0 Å². The highest BCUT2D eigenvalue weighted by Gasteiger charge is 2.10. The van der Waals surface area contributed by atoms with Crippen LogP contribution in [0.25, 0.3) is 5.65 Å². The fourth-order valence-corrected chi connectivity index (χ4v) is 2.48. The van der Waals surface area contributed by atoms with Crippen LogP contribution in [0, 0.1) is 27.7 Å². The van der Waals surface area contributed by atoms with Crippen molar-refractivity contribution in [2.75, 3.05) is 5.32 Å². The zero-order valence-corrected chi connectivity index (χ0v) is 12.3. The standard InChI is InChI=1S/C16H19N3O/c1-10-9-20-13(4)14(10)8-17-15-6-5-7-19-12(3)11(2)18-16(15)19/h5-7,9,17H,8H2,1-4H3. The lowest BCUT2D eigenvalue weighted by molar-refractivity contribution is 0.529. The second kappa shape index (κ2) is 4.71. The van der Waals surface area contributed by atoms with E-state index in [4.69, 9.17) is 4.42 Å². The number of pyridine rings is 1. The third-order valence-corrected chi connectivity index (χ3v) is 3.89. The molecule has 3 rings (SSSR count). The Bertz CT molecular complexity index is 748. The number of anilines is 1. The number of fused-ring (bicyclic) bond motifs is 1. The maximum Gasteiger partial charge on any atom is 0.160 e. The molecule has 0 saturated heterocycles. The third kappa shape index (κ3) is 1.97. The number of imidazole rings is 1. The van der Waals surface area contributed by atoms with Gasteiger partial charge in [0.15, 0.2) is 5.65 Å². The molecule has 3 aromatic rings. The Kier molecular flexibility index (Phi) is 3.01. The van der Waals surface area contributed by atoms with Crippen LogP contribution in [0.2, 0.25) is 0 Å². The van der Waals surface area contributed by atoms with Crippen LogP contribution >= 0.6 is 0 Å². The highest BCUT2D eigenvalue weighted by atomic mass is 16.3. The Hall–Kier alpha value is -2.23. The predicted octanol–water partition coefficient (Wildman–Crippen LogP) is 3.77. The molecule has 0 bridgehead atoms. The molecule has 0 aliphatic heterocycles. The zero-order valence-electron chi connectivity index (χ0n) is 12.3. The monoisotopic (exact) mass is 269 g/mol. The summed E-state index contributed by atoms with van der Waals surface area (Å²) >= 11 is 0. The number of hydrogen-bond donors (Lipinski definition) is 1. The SMILES string of the molecule is Cc1coc(C)c1CNc1cccn2c(C)c(C)nc12. The van der Waals surface area contributed by atoms with Crippen LogP contribution < -0.4 is 5.32 Å². The summed E-state index contributed by atoms with van der Waals surface area (Å²) in [5, 5.41) is 3.47. The van der Waals surface area contributed by atoms with Gasteiger partial charge in [-0.1, -0.05) is 0 Å². The lowest BCUT2D eigenvalue weighted by Crippen LogP contribution is -2.03. The highest BCUT2D eigenvalue weighted by molar-refractivity contribution is 5.68. The summed E-state index contributed by atoms with van der Waals surface area (Å²) in [5.74, 6) is 0.970. The van der Waals surface area contributed by atoms with E-state index in [0.717, 1.165) is 29.3 Å². The molecule has 0 aliphatic rings. The number of aryl methyl sites for hydroxylation is 4. The predicted molar refractivity (Wildman–Crippen MR) is 80.2 cm³/mol. The van der Waals surface area contributed by atoms with Crippen molar-refractivity contribution in [1.29, 1.82) is 0 Å². The number of hydrogen-bond acceptors (Lipinski definition) is 3. The molecule has 20 heavy (non-hydrogen) atoms. The van der Waals surface area contributed by atoms with E-state index in [9.17, 15) is 0 Å². The van der Waals surface area contributed by atoms with E-state index in [2.05, 4.69) is 34.6 Å². The Morgan fingerprint density at radius 1 is 1.25 bits per heavy atom. The summed E-state index contributed by atoms with van der Waals surface area (Å²) in [4.78, 5) is 4.63. The Morgan fingerprint density at radius 3 is 2.75 bits per heavy atom. The molecule has 3 heterocycles. The van der Waals surface area contributed by atoms with Gasteiger partial charge in [0.05, 0.1) is 17.6 Å². The van der Waals surface area contributed by atoms with E-state index in [-0.39, 0.29) is 0 Å². The average Bonchev–Trinajstić information content (AvgIpc) is 2.90. The fourth-order valence-electron chi connectivity index (χ4n) is 2.48. The summed E-state index contributed by atoms with van der Waals surface area (Å²) in [6, 6.07) is 4.10. The first-order valence-corrected chi connectivity index (χ1v) is 6.79. The molecule has 3 aromatic heterocycles. The van der Waals surface area contributed by atoms with Gasteiger partial charge in [-0.05, 0) is 45.4 Å². The molecule has 0 unspecified atom stereocenters. The van der Waals surface area contributed by atoms with E-state index < -0.39 is 0 Å². The van der Waals surface area contributed by atoms with Gasteiger partial charge in [0, 0.05) is 24.0 Å². The normalized spacial score (nSPS) is 11.2. The van der Waals surface area contributed by atoms with Crippen molar-refractivity contribution in [3.8, 4) is 0 Å². The number of nitrogens with one attached hydrogen (secondary N) is 1. The van der Waals surface area contributed by atoms with Crippen LogP contribution in [0.1, 0.15) is 28.3 Å². The minimum absolute atomic E-state index is 0.749. The third-order valence-electron chi connectivity index (χ3n) is 3.89. The molecule has 0 fully saturated rings. The quantitative estimate of drug-likeness (QED) is 0.787. The molecule has 1 N–H and O–H groups in total. The lowest BCUT2D eigenvalue weighted by atomic mass is 10.1. The van der Waals surface area contributed by atoms with Gasteiger partial charge < -0.3 is 14.1 Å². The second-order valence-corrected chi connectivity index (χ2v) is 5.21. The second-order valence-electron chi connectivity index (χ2n) is 5.21. The molecule has 0 amide bonds. The largest absolute Gasteiger partial charge is 0.469 e. The first kappa shape index (κ1) is 12.8. The van der Waals surface area contributed by atoms with Crippen LogP contribution in [0.3, 0.4) is 0 Å². The smallest absolute Gasteiger partial charge is 0.160 e. The number of furan rings is 1. The summed E-state index contributed by atoms with van der Waals surface area (Å²) in [6.07, 6.45) is 3.85. The van der Waals surface area contributed by atoms with Crippen molar-refractivity contribution in [2.45, 2.75) is 34.2 Å². The van der Waals surface area contributed by atoms with Gasteiger partial charge in [-0.25, -0.2) is 4.98 Å². The van der Waals surface area contributed by atoms with Gasteiger partial charge in [0.2, 0.25) is 0 Å². The highest BCUT2D eigenvalue weighted by Crippen LogP contribution is 2.22. The van der Waals surface area contributed by atoms with Crippen molar-refractivity contribution in [1.82, 2.24) is 9.38 Å². The first-order valence-electron chi connectivity index (χ1n) is 6.79. The lowest BCUT2D eigenvalue weighted by Gasteiger charge is -2.08. The summed E-state index contributed by atoms with van der Waals surface area (Å²) in [6.45, 7) is 8.94. The molecule has 0 spiro atoms. The summed E-state index contributed by atoms with van der Waals surface area (Å²) in [5.41, 5.74) is 6.66. The maximum absolute atomic E-state index is 5.43.